The van der Waals surface area contributed by atoms with Gasteiger partial charge in [0.2, 0.25) is 10.0 Å². The number of hydrogen-bond acceptors (Lipinski definition) is 3. The number of terminal acetylenes is 1. The normalized spacial score (nSPS) is 15.1. The van der Waals surface area contributed by atoms with E-state index in [1.165, 1.54) is 0 Å². The molecule has 0 aliphatic heterocycles. The summed E-state index contributed by atoms with van der Waals surface area (Å²) in [4.78, 5) is 0.286. The van der Waals surface area contributed by atoms with E-state index in [1.54, 1.807) is 24.3 Å². The molecule has 2 rings (SSSR count). The topological polar surface area (TPSA) is 58.2 Å². The van der Waals surface area contributed by atoms with Gasteiger partial charge in [0.05, 0.1) is 5.69 Å². The zero-order valence-corrected chi connectivity index (χ0v) is 10.8. The van der Waals surface area contributed by atoms with Crippen molar-refractivity contribution >= 4 is 15.7 Å². The van der Waals surface area contributed by atoms with Gasteiger partial charge >= 0.3 is 0 Å². The second kappa shape index (κ2) is 5.42. The smallest absolute Gasteiger partial charge is 0.242 e. The van der Waals surface area contributed by atoms with E-state index in [0.717, 1.165) is 12.8 Å². The Morgan fingerprint density at radius 3 is 2.72 bits per heavy atom. The molecule has 0 heterocycles. The highest BCUT2D eigenvalue weighted by atomic mass is 32.2. The lowest BCUT2D eigenvalue weighted by Gasteiger charge is -2.12. The molecule has 1 aromatic carbocycles. The summed E-state index contributed by atoms with van der Waals surface area (Å²) in [5.74, 6) is 2.51. The molecule has 0 radical (unpaired) electrons. The van der Waals surface area contributed by atoms with Crippen LogP contribution in [0.1, 0.15) is 19.3 Å². The molecule has 18 heavy (non-hydrogen) atoms. The summed E-state index contributed by atoms with van der Waals surface area (Å²) >= 11 is 0. The van der Waals surface area contributed by atoms with Crippen molar-refractivity contribution in [2.24, 2.45) is 0 Å². The third-order valence-electron chi connectivity index (χ3n) is 2.66. The molecule has 0 unspecified atom stereocenters. The maximum Gasteiger partial charge on any atom is 0.242 e. The van der Waals surface area contributed by atoms with Gasteiger partial charge in [-0.25, -0.2) is 13.1 Å². The summed E-state index contributed by atoms with van der Waals surface area (Å²) in [6.07, 6.45) is 7.58. The molecule has 0 atom stereocenters. The van der Waals surface area contributed by atoms with Gasteiger partial charge in [0.1, 0.15) is 4.90 Å². The van der Waals surface area contributed by atoms with Crippen molar-refractivity contribution in [3.05, 3.63) is 24.3 Å². The standard InChI is InChI=1S/C13H16N2O2S/c1-2-3-10-14-12-6-4-5-7-13(12)18(16,17)15-11-8-9-11/h1,4-7,11,14-15H,3,8-10H2. The van der Waals surface area contributed by atoms with Crippen molar-refractivity contribution in [3.8, 4) is 12.3 Å². The van der Waals surface area contributed by atoms with Crippen LogP contribution in [0.5, 0.6) is 0 Å². The van der Waals surface area contributed by atoms with Gasteiger partial charge in [0.15, 0.2) is 0 Å². The van der Waals surface area contributed by atoms with E-state index < -0.39 is 10.0 Å². The van der Waals surface area contributed by atoms with Crippen molar-refractivity contribution in [1.29, 1.82) is 0 Å². The Morgan fingerprint density at radius 2 is 2.06 bits per heavy atom. The number of anilines is 1. The first kappa shape index (κ1) is 12.9. The molecule has 96 valence electrons. The van der Waals surface area contributed by atoms with Crippen LogP contribution in [0.25, 0.3) is 0 Å². The van der Waals surface area contributed by atoms with Crippen LogP contribution in [0.2, 0.25) is 0 Å². The quantitative estimate of drug-likeness (QED) is 0.605. The van der Waals surface area contributed by atoms with Crippen molar-refractivity contribution in [3.63, 3.8) is 0 Å². The Kier molecular flexibility index (Phi) is 3.90. The summed E-state index contributed by atoms with van der Waals surface area (Å²) < 4.78 is 27.0. The number of nitrogens with one attached hydrogen (secondary N) is 2. The van der Waals surface area contributed by atoms with Gasteiger partial charge in [0, 0.05) is 19.0 Å². The summed E-state index contributed by atoms with van der Waals surface area (Å²) in [5.41, 5.74) is 0.598. The Hall–Kier alpha value is -1.51. The summed E-state index contributed by atoms with van der Waals surface area (Å²) in [5, 5.41) is 3.05. The van der Waals surface area contributed by atoms with E-state index in [4.69, 9.17) is 6.42 Å². The molecule has 2 N–H and O–H groups in total. The molecule has 0 amide bonds. The molecule has 0 bridgehead atoms. The predicted molar refractivity (Wildman–Crippen MR) is 71.7 cm³/mol. The fourth-order valence-electron chi connectivity index (χ4n) is 1.60. The summed E-state index contributed by atoms with van der Waals surface area (Å²) in [7, 11) is -3.43. The molecule has 1 aliphatic carbocycles. The van der Waals surface area contributed by atoms with E-state index in [1.807, 2.05) is 0 Å². The second-order valence-corrected chi connectivity index (χ2v) is 5.96. The minimum atomic E-state index is -3.43. The van der Waals surface area contributed by atoms with Crippen LogP contribution >= 0.6 is 0 Å². The lowest BCUT2D eigenvalue weighted by molar-refractivity contribution is 0.581. The highest BCUT2D eigenvalue weighted by Gasteiger charge is 2.29. The van der Waals surface area contributed by atoms with Crippen LogP contribution in [-0.2, 0) is 10.0 Å². The maximum absolute atomic E-state index is 12.1. The predicted octanol–water partition coefficient (Wildman–Crippen LogP) is 1.56. The SMILES string of the molecule is C#CCCNc1ccccc1S(=O)(=O)NC1CC1. The second-order valence-electron chi connectivity index (χ2n) is 4.27. The lowest BCUT2D eigenvalue weighted by Crippen LogP contribution is -2.26. The van der Waals surface area contributed by atoms with Crippen molar-refractivity contribution in [2.75, 3.05) is 11.9 Å². The van der Waals surface area contributed by atoms with Crippen LogP contribution in [0.3, 0.4) is 0 Å². The van der Waals surface area contributed by atoms with E-state index in [9.17, 15) is 8.42 Å². The Morgan fingerprint density at radius 1 is 1.33 bits per heavy atom. The minimum absolute atomic E-state index is 0.105. The van der Waals surface area contributed by atoms with Gasteiger partial charge in [-0.3, -0.25) is 0 Å². The average Bonchev–Trinajstić information content (AvgIpc) is 3.13. The van der Waals surface area contributed by atoms with Crippen molar-refractivity contribution in [1.82, 2.24) is 4.72 Å². The van der Waals surface area contributed by atoms with Crippen LogP contribution in [-0.4, -0.2) is 21.0 Å². The molecule has 1 fully saturated rings. The van der Waals surface area contributed by atoms with Crippen LogP contribution in [0.4, 0.5) is 5.69 Å². The van der Waals surface area contributed by atoms with E-state index in [-0.39, 0.29) is 10.9 Å². The first-order valence-electron chi connectivity index (χ1n) is 5.92. The molecule has 1 aliphatic rings. The zero-order valence-electron chi connectivity index (χ0n) is 10.0. The Bertz CT molecular complexity index is 557. The van der Waals surface area contributed by atoms with E-state index in [0.29, 0.717) is 18.7 Å². The van der Waals surface area contributed by atoms with Gasteiger partial charge in [-0.15, -0.1) is 12.3 Å². The third-order valence-corrected chi connectivity index (χ3v) is 4.24. The van der Waals surface area contributed by atoms with E-state index >= 15 is 0 Å². The molecule has 0 aromatic heterocycles. The van der Waals surface area contributed by atoms with Crippen molar-refractivity contribution in [2.45, 2.75) is 30.2 Å². The molecule has 0 spiro atoms. The fourth-order valence-corrected chi connectivity index (χ4v) is 3.09. The monoisotopic (exact) mass is 264 g/mol. The highest BCUT2D eigenvalue weighted by molar-refractivity contribution is 7.89. The van der Waals surface area contributed by atoms with Gasteiger partial charge in [-0.1, -0.05) is 12.1 Å². The molecule has 0 saturated heterocycles. The average molecular weight is 264 g/mol. The van der Waals surface area contributed by atoms with Gasteiger partial charge < -0.3 is 5.32 Å². The molecule has 1 aromatic rings. The molecule has 1 saturated carbocycles. The van der Waals surface area contributed by atoms with Crippen LogP contribution in [0.15, 0.2) is 29.2 Å². The largest absolute Gasteiger partial charge is 0.383 e. The highest BCUT2D eigenvalue weighted by Crippen LogP contribution is 2.25. The first-order chi connectivity index (χ1) is 8.63. The third kappa shape index (κ3) is 3.25. The molecular weight excluding hydrogens is 248 g/mol. The number of benzene rings is 1. The molecular formula is C13H16N2O2S. The van der Waals surface area contributed by atoms with Crippen LogP contribution in [0, 0.1) is 12.3 Å². The Labute approximate surface area is 108 Å². The lowest BCUT2D eigenvalue weighted by atomic mass is 10.3. The van der Waals surface area contributed by atoms with Gasteiger partial charge in [-0.05, 0) is 25.0 Å². The zero-order chi connectivity index (χ0) is 13.0. The fraction of sp³-hybridized carbons (Fsp3) is 0.385. The van der Waals surface area contributed by atoms with Gasteiger partial charge in [-0.2, -0.15) is 0 Å². The number of sulfonamides is 1. The van der Waals surface area contributed by atoms with Crippen molar-refractivity contribution < 1.29 is 8.42 Å². The molecule has 4 nitrogen and oxygen atoms in total. The first-order valence-corrected chi connectivity index (χ1v) is 7.40. The maximum atomic E-state index is 12.1. The number of para-hydroxylation sites is 1. The molecule has 5 heteroatoms. The summed E-state index contributed by atoms with van der Waals surface area (Å²) in [6.45, 7) is 0.562. The Balaban J connectivity index is 2.18. The van der Waals surface area contributed by atoms with Crippen LogP contribution < -0.4 is 10.0 Å². The van der Waals surface area contributed by atoms with E-state index in [2.05, 4.69) is 16.0 Å². The number of rotatable bonds is 6. The number of hydrogen-bond donors (Lipinski definition) is 2. The van der Waals surface area contributed by atoms with Gasteiger partial charge in [0.25, 0.3) is 0 Å². The minimum Gasteiger partial charge on any atom is -0.383 e. The summed E-state index contributed by atoms with van der Waals surface area (Å²) in [6, 6.07) is 6.97.